The van der Waals surface area contributed by atoms with Crippen LogP contribution in [-0.4, -0.2) is 14.5 Å². The van der Waals surface area contributed by atoms with Crippen LogP contribution in [0.5, 0.6) is 0 Å². The third kappa shape index (κ3) is 1.85. The zero-order valence-electron chi connectivity index (χ0n) is 10.8. The van der Waals surface area contributed by atoms with Crippen molar-refractivity contribution in [2.24, 2.45) is 7.05 Å². The summed E-state index contributed by atoms with van der Waals surface area (Å²) < 4.78 is 2.00. The number of nitrogens with zero attached hydrogens (tertiary/aromatic N) is 4. The fourth-order valence-corrected chi connectivity index (χ4v) is 2.17. The van der Waals surface area contributed by atoms with Crippen LogP contribution in [-0.2, 0) is 7.05 Å². The molecule has 2 heterocycles. The Balaban J connectivity index is 2.25. The van der Waals surface area contributed by atoms with Gasteiger partial charge in [-0.15, -0.1) is 0 Å². The molecule has 0 saturated heterocycles. The van der Waals surface area contributed by atoms with Crippen LogP contribution in [0.15, 0.2) is 36.4 Å². The average molecular weight is 248 g/mol. The first-order chi connectivity index (χ1) is 9.19. The van der Waals surface area contributed by atoms with Crippen LogP contribution in [0.3, 0.4) is 0 Å². The Labute approximate surface area is 111 Å². The van der Waals surface area contributed by atoms with E-state index in [0.717, 1.165) is 28.2 Å². The minimum atomic E-state index is 0.620. The standard InChI is InChI=1S/C15H12N4/c1-10-4-3-5-12(17-10)15-18-13-8-11(9-16)6-7-14(13)19(15)2/h3-8H,1-2H3. The molecule has 2 aromatic heterocycles. The van der Waals surface area contributed by atoms with Crippen LogP contribution in [0.4, 0.5) is 0 Å². The van der Waals surface area contributed by atoms with Crippen molar-refractivity contribution >= 4 is 11.0 Å². The average Bonchev–Trinajstić information content (AvgIpc) is 2.75. The predicted octanol–water partition coefficient (Wildman–Crippen LogP) is 2.82. The second kappa shape index (κ2) is 4.21. The van der Waals surface area contributed by atoms with Gasteiger partial charge in [-0.25, -0.2) is 9.97 Å². The van der Waals surface area contributed by atoms with Crippen LogP contribution >= 0.6 is 0 Å². The maximum atomic E-state index is 8.93. The lowest BCUT2D eigenvalue weighted by molar-refractivity contribution is 0.947. The van der Waals surface area contributed by atoms with Gasteiger partial charge in [0.1, 0.15) is 5.69 Å². The molecule has 0 aliphatic rings. The summed E-state index contributed by atoms with van der Waals surface area (Å²) in [6.07, 6.45) is 0. The number of nitriles is 1. The van der Waals surface area contributed by atoms with E-state index in [4.69, 9.17) is 5.26 Å². The number of rotatable bonds is 1. The van der Waals surface area contributed by atoms with Crippen molar-refractivity contribution in [3.8, 4) is 17.6 Å². The molecule has 3 rings (SSSR count). The Morgan fingerprint density at radius 3 is 2.74 bits per heavy atom. The minimum Gasteiger partial charge on any atom is -0.326 e. The maximum absolute atomic E-state index is 8.93. The van der Waals surface area contributed by atoms with Crippen molar-refractivity contribution in [2.45, 2.75) is 6.92 Å². The van der Waals surface area contributed by atoms with E-state index >= 15 is 0 Å². The Morgan fingerprint density at radius 2 is 2.00 bits per heavy atom. The minimum absolute atomic E-state index is 0.620. The molecule has 0 atom stereocenters. The monoisotopic (exact) mass is 248 g/mol. The summed E-state index contributed by atoms with van der Waals surface area (Å²) >= 11 is 0. The Bertz CT molecular complexity index is 809. The van der Waals surface area contributed by atoms with Crippen molar-refractivity contribution in [1.29, 1.82) is 5.26 Å². The number of hydrogen-bond acceptors (Lipinski definition) is 3. The normalized spacial score (nSPS) is 10.6. The smallest absolute Gasteiger partial charge is 0.159 e. The molecule has 0 N–H and O–H groups in total. The van der Waals surface area contributed by atoms with Crippen molar-refractivity contribution in [3.63, 3.8) is 0 Å². The first-order valence-electron chi connectivity index (χ1n) is 5.99. The Kier molecular flexibility index (Phi) is 2.53. The van der Waals surface area contributed by atoms with Crippen molar-refractivity contribution in [3.05, 3.63) is 47.7 Å². The maximum Gasteiger partial charge on any atom is 0.159 e. The highest BCUT2D eigenvalue weighted by molar-refractivity contribution is 5.81. The summed E-state index contributed by atoms with van der Waals surface area (Å²) in [5, 5.41) is 8.93. The number of aryl methyl sites for hydroxylation is 2. The summed E-state index contributed by atoms with van der Waals surface area (Å²) in [7, 11) is 1.96. The van der Waals surface area contributed by atoms with Crippen LogP contribution in [0.25, 0.3) is 22.6 Å². The molecule has 0 fully saturated rings. The molecule has 0 bridgehead atoms. The molecule has 1 aromatic carbocycles. The van der Waals surface area contributed by atoms with E-state index in [1.54, 1.807) is 12.1 Å². The van der Waals surface area contributed by atoms with Gasteiger partial charge in [-0.1, -0.05) is 6.07 Å². The van der Waals surface area contributed by atoms with Gasteiger partial charge in [0.15, 0.2) is 5.82 Å². The van der Waals surface area contributed by atoms with E-state index in [-0.39, 0.29) is 0 Å². The van der Waals surface area contributed by atoms with Gasteiger partial charge < -0.3 is 4.57 Å². The lowest BCUT2D eigenvalue weighted by Gasteiger charge is -2.02. The Hall–Kier alpha value is -2.67. The van der Waals surface area contributed by atoms with Crippen molar-refractivity contribution in [2.75, 3.05) is 0 Å². The number of imidazole rings is 1. The molecule has 92 valence electrons. The molecule has 4 heteroatoms. The van der Waals surface area contributed by atoms with Gasteiger partial charge in [0.25, 0.3) is 0 Å². The van der Waals surface area contributed by atoms with Crippen LogP contribution in [0, 0.1) is 18.3 Å². The first-order valence-corrected chi connectivity index (χ1v) is 5.99. The summed E-state index contributed by atoms with van der Waals surface area (Å²) in [5.41, 5.74) is 4.24. The summed E-state index contributed by atoms with van der Waals surface area (Å²) in [5.74, 6) is 0.814. The molecule has 0 spiro atoms. The van der Waals surface area contributed by atoms with Gasteiger partial charge in [0, 0.05) is 12.7 Å². The summed E-state index contributed by atoms with van der Waals surface area (Å²) in [6.45, 7) is 1.96. The lowest BCUT2D eigenvalue weighted by Crippen LogP contribution is -1.95. The first kappa shape index (κ1) is 11.4. The molecule has 0 saturated carbocycles. The highest BCUT2D eigenvalue weighted by Crippen LogP contribution is 2.23. The van der Waals surface area contributed by atoms with Gasteiger partial charge in [-0.05, 0) is 37.3 Å². The molecule has 0 amide bonds. The molecule has 0 aliphatic carbocycles. The number of pyridine rings is 1. The Morgan fingerprint density at radius 1 is 1.16 bits per heavy atom. The quantitative estimate of drug-likeness (QED) is 0.665. The molecule has 0 radical (unpaired) electrons. The molecular weight excluding hydrogens is 236 g/mol. The van der Waals surface area contributed by atoms with Gasteiger partial charge in [0.05, 0.1) is 22.7 Å². The largest absolute Gasteiger partial charge is 0.326 e. The van der Waals surface area contributed by atoms with E-state index in [1.165, 1.54) is 0 Å². The van der Waals surface area contributed by atoms with Crippen molar-refractivity contribution < 1.29 is 0 Å². The summed E-state index contributed by atoms with van der Waals surface area (Å²) in [6, 6.07) is 13.5. The topological polar surface area (TPSA) is 54.5 Å². The number of fused-ring (bicyclic) bond motifs is 1. The second-order valence-corrected chi connectivity index (χ2v) is 4.47. The van der Waals surface area contributed by atoms with E-state index < -0.39 is 0 Å². The predicted molar refractivity (Wildman–Crippen MR) is 73.4 cm³/mol. The van der Waals surface area contributed by atoms with Crippen LogP contribution < -0.4 is 0 Å². The number of aromatic nitrogens is 3. The molecule has 0 unspecified atom stereocenters. The fraction of sp³-hybridized carbons (Fsp3) is 0.133. The third-order valence-electron chi connectivity index (χ3n) is 3.13. The number of hydrogen-bond donors (Lipinski definition) is 0. The SMILES string of the molecule is Cc1cccc(-c2nc3cc(C#N)ccc3n2C)n1. The number of benzene rings is 1. The van der Waals surface area contributed by atoms with Crippen LogP contribution in [0.2, 0.25) is 0 Å². The zero-order chi connectivity index (χ0) is 13.4. The van der Waals surface area contributed by atoms with E-state index in [2.05, 4.69) is 16.0 Å². The highest BCUT2D eigenvalue weighted by Gasteiger charge is 2.11. The molecule has 0 aliphatic heterocycles. The van der Waals surface area contributed by atoms with E-state index in [1.807, 2.05) is 42.8 Å². The molecule has 19 heavy (non-hydrogen) atoms. The summed E-state index contributed by atoms with van der Waals surface area (Å²) in [4.78, 5) is 9.08. The second-order valence-electron chi connectivity index (χ2n) is 4.47. The van der Waals surface area contributed by atoms with Gasteiger partial charge in [0.2, 0.25) is 0 Å². The molecular formula is C15H12N4. The molecule has 4 nitrogen and oxygen atoms in total. The van der Waals surface area contributed by atoms with Crippen molar-refractivity contribution in [1.82, 2.24) is 14.5 Å². The van der Waals surface area contributed by atoms with E-state index in [0.29, 0.717) is 5.56 Å². The third-order valence-corrected chi connectivity index (χ3v) is 3.13. The van der Waals surface area contributed by atoms with Crippen LogP contribution in [0.1, 0.15) is 11.3 Å². The molecule has 3 aromatic rings. The highest BCUT2D eigenvalue weighted by atomic mass is 15.1. The lowest BCUT2D eigenvalue weighted by atomic mass is 10.2. The fourth-order valence-electron chi connectivity index (χ4n) is 2.17. The van der Waals surface area contributed by atoms with E-state index in [9.17, 15) is 0 Å². The zero-order valence-corrected chi connectivity index (χ0v) is 10.8. The van der Waals surface area contributed by atoms with Gasteiger partial charge >= 0.3 is 0 Å². The van der Waals surface area contributed by atoms with Gasteiger partial charge in [-0.3, -0.25) is 0 Å². The van der Waals surface area contributed by atoms with Gasteiger partial charge in [-0.2, -0.15) is 5.26 Å².